The first-order valence-electron chi connectivity index (χ1n) is 14.7. The van der Waals surface area contributed by atoms with Gasteiger partial charge in [-0.05, 0) is 85.9 Å². The highest BCUT2D eigenvalue weighted by Crippen LogP contribution is 2.29. The predicted octanol–water partition coefficient (Wildman–Crippen LogP) is 4.68. The van der Waals surface area contributed by atoms with Crippen LogP contribution in [-0.4, -0.2) is 57.8 Å². The number of rotatable bonds is 5. The second-order valence-electron chi connectivity index (χ2n) is 11.6. The summed E-state index contributed by atoms with van der Waals surface area (Å²) in [6.07, 6.45) is 5.26. The molecule has 0 aliphatic carbocycles. The first-order chi connectivity index (χ1) is 19.9. The number of aromatic amines is 1. The van der Waals surface area contributed by atoms with Crippen LogP contribution in [-0.2, 0) is 32.5 Å². The molecule has 0 unspecified atom stereocenters. The number of H-pyrrole nitrogens is 1. The molecule has 2 aromatic heterocycles. The van der Waals surface area contributed by atoms with Crippen molar-refractivity contribution in [1.82, 2.24) is 24.4 Å². The first kappa shape index (κ1) is 27.3. The minimum absolute atomic E-state index is 0.194. The van der Waals surface area contributed by atoms with E-state index in [1.807, 2.05) is 36.2 Å². The van der Waals surface area contributed by atoms with Crippen molar-refractivity contribution in [3.63, 3.8) is 0 Å². The van der Waals surface area contributed by atoms with Crippen LogP contribution in [0.25, 0.3) is 11.2 Å². The first-order valence-corrected chi connectivity index (χ1v) is 14.7. The van der Waals surface area contributed by atoms with Crippen LogP contribution in [0.2, 0.25) is 0 Å². The minimum Gasteiger partial charge on any atom is -0.497 e. The van der Waals surface area contributed by atoms with Crippen molar-refractivity contribution in [3.8, 4) is 11.8 Å². The molecule has 2 aliphatic rings. The Labute approximate surface area is 241 Å². The van der Waals surface area contributed by atoms with E-state index in [2.05, 4.69) is 35.9 Å². The highest BCUT2D eigenvalue weighted by Gasteiger charge is 2.23. The topological polar surface area (TPSA) is 88.5 Å². The molecule has 9 nitrogen and oxygen atoms in total. The zero-order chi connectivity index (χ0) is 28.5. The van der Waals surface area contributed by atoms with Crippen molar-refractivity contribution in [2.75, 3.05) is 32.2 Å². The van der Waals surface area contributed by atoms with Gasteiger partial charge in [0, 0.05) is 32.7 Å². The lowest BCUT2D eigenvalue weighted by atomic mass is 9.89. The number of methoxy groups -OCH3 is 1. The molecule has 0 amide bonds. The van der Waals surface area contributed by atoms with Gasteiger partial charge in [-0.1, -0.05) is 24.3 Å². The molecule has 216 valence electrons. The maximum Gasteiger partial charge on any atom is 0.328 e. The standard InChI is InChI=1S/C32H40N6O3/c1-21(2)37-14-13-27-24-8-6-5-7-15-41-31-34-29(36(3)18-22-9-11-26(40-4)12-10-22)28-30(35-31)38(32(39)33-28)19-23(16-24)17-25(27)20-37/h9-12,16-17,21H,5-8,13-15,18-20H2,1-4H3,(H,33,39). The molecule has 2 aliphatic heterocycles. The van der Waals surface area contributed by atoms with Crippen LogP contribution in [0, 0.1) is 0 Å². The summed E-state index contributed by atoms with van der Waals surface area (Å²) >= 11 is 0. The number of anilines is 1. The molecule has 0 fully saturated rings. The van der Waals surface area contributed by atoms with E-state index in [9.17, 15) is 4.79 Å². The number of fused-ring (bicyclic) bond motifs is 5. The smallest absolute Gasteiger partial charge is 0.328 e. The summed E-state index contributed by atoms with van der Waals surface area (Å²) < 4.78 is 13.1. The second kappa shape index (κ2) is 11.6. The molecule has 0 saturated carbocycles. The maximum absolute atomic E-state index is 13.4. The third kappa shape index (κ3) is 5.68. The number of aryl methyl sites for hydroxylation is 1. The van der Waals surface area contributed by atoms with Gasteiger partial charge in [0.05, 0.1) is 20.3 Å². The van der Waals surface area contributed by atoms with Crippen molar-refractivity contribution < 1.29 is 9.47 Å². The van der Waals surface area contributed by atoms with Crippen LogP contribution in [0.5, 0.6) is 11.8 Å². The number of hydrogen-bond acceptors (Lipinski definition) is 7. The molecule has 2 aromatic carbocycles. The Kier molecular flexibility index (Phi) is 7.71. The molecule has 9 heteroatoms. The summed E-state index contributed by atoms with van der Waals surface area (Å²) in [4.78, 5) is 30.6. The Hall–Kier alpha value is -3.85. The fraction of sp³-hybridized carbons (Fsp3) is 0.469. The van der Waals surface area contributed by atoms with Crippen LogP contribution in [0.4, 0.5) is 5.82 Å². The molecule has 6 rings (SSSR count). The Morgan fingerprint density at radius 2 is 1.85 bits per heavy atom. The largest absolute Gasteiger partial charge is 0.497 e. The molecule has 0 atom stereocenters. The number of hydrogen-bond donors (Lipinski definition) is 1. The van der Waals surface area contributed by atoms with Crippen molar-refractivity contribution in [1.29, 1.82) is 0 Å². The van der Waals surface area contributed by atoms with Crippen molar-refractivity contribution >= 4 is 17.0 Å². The highest BCUT2D eigenvalue weighted by molar-refractivity contribution is 5.84. The summed E-state index contributed by atoms with van der Waals surface area (Å²) in [6, 6.07) is 13.4. The average molecular weight is 557 g/mol. The molecular formula is C32H40N6O3. The minimum atomic E-state index is -0.194. The molecule has 4 aromatic rings. The third-order valence-electron chi connectivity index (χ3n) is 8.43. The van der Waals surface area contributed by atoms with E-state index in [0.29, 0.717) is 48.7 Å². The monoisotopic (exact) mass is 556 g/mol. The van der Waals surface area contributed by atoms with Gasteiger partial charge in [-0.2, -0.15) is 9.97 Å². The zero-order valence-corrected chi connectivity index (χ0v) is 24.6. The van der Waals surface area contributed by atoms with Gasteiger partial charge in [0.25, 0.3) is 0 Å². The highest BCUT2D eigenvalue weighted by atomic mass is 16.5. The summed E-state index contributed by atoms with van der Waals surface area (Å²) in [5, 5.41) is 0. The average Bonchev–Trinajstić information content (AvgIpc) is 3.28. The molecule has 0 saturated heterocycles. The number of aromatic nitrogens is 4. The number of nitrogens with one attached hydrogen (secondary N) is 1. The van der Waals surface area contributed by atoms with Crippen molar-refractivity contribution in [2.24, 2.45) is 0 Å². The summed E-state index contributed by atoms with van der Waals surface area (Å²) in [5.74, 6) is 1.45. The molecule has 0 radical (unpaired) electrons. The third-order valence-corrected chi connectivity index (χ3v) is 8.43. The SMILES string of the molecule is COc1ccc(CN(C)c2nc3nc4c2[nH]c(=O)n4Cc2cc(c4c(c2)CN(C(C)C)CC4)CCCCCO3)cc1. The molecule has 1 N–H and O–H groups in total. The maximum atomic E-state index is 13.4. The van der Waals surface area contributed by atoms with Crippen molar-refractivity contribution in [3.05, 3.63) is 74.7 Å². The van der Waals surface area contributed by atoms with Crippen LogP contribution in [0.1, 0.15) is 60.9 Å². The molecular weight excluding hydrogens is 516 g/mol. The van der Waals surface area contributed by atoms with Crippen LogP contribution in [0.15, 0.2) is 41.2 Å². The number of ether oxygens (including phenoxy) is 2. The summed E-state index contributed by atoms with van der Waals surface area (Å²) in [7, 11) is 3.63. The van der Waals surface area contributed by atoms with E-state index in [4.69, 9.17) is 19.4 Å². The normalized spacial score (nSPS) is 15.9. The Bertz CT molecular complexity index is 1590. The number of nitrogens with zero attached hydrogens (tertiary/aromatic N) is 5. The van der Waals surface area contributed by atoms with Crippen LogP contribution < -0.4 is 20.1 Å². The molecule has 41 heavy (non-hydrogen) atoms. The number of imidazole rings is 1. The fourth-order valence-electron chi connectivity index (χ4n) is 6.14. The fourth-order valence-corrected chi connectivity index (χ4v) is 6.14. The van der Waals surface area contributed by atoms with Gasteiger partial charge >= 0.3 is 11.7 Å². The lowest BCUT2D eigenvalue weighted by Crippen LogP contribution is -2.36. The van der Waals surface area contributed by atoms with Gasteiger partial charge in [0.15, 0.2) is 11.5 Å². The Morgan fingerprint density at radius 3 is 2.63 bits per heavy atom. The predicted molar refractivity (Wildman–Crippen MR) is 161 cm³/mol. The summed E-state index contributed by atoms with van der Waals surface area (Å²) in [6.45, 7) is 8.17. The van der Waals surface area contributed by atoms with E-state index in [0.717, 1.165) is 62.1 Å². The quantitative estimate of drug-likeness (QED) is 0.382. The molecule has 0 spiro atoms. The van der Waals surface area contributed by atoms with E-state index < -0.39 is 0 Å². The lowest BCUT2D eigenvalue weighted by Gasteiger charge is -2.33. The van der Waals surface area contributed by atoms with Gasteiger partial charge in [-0.15, -0.1) is 0 Å². The van der Waals surface area contributed by atoms with Crippen molar-refractivity contribution in [2.45, 2.75) is 71.6 Å². The number of benzene rings is 2. The van der Waals surface area contributed by atoms with Crippen LogP contribution >= 0.6 is 0 Å². The lowest BCUT2D eigenvalue weighted by molar-refractivity contribution is 0.203. The van der Waals surface area contributed by atoms with Gasteiger partial charge in [-0.3, -0.25) is 9.47 Å². The Balaban J connectivity index is 1.41. The van der Waals surface area contributed by atoms with Gasteiger partial charge in [0.1, 0.15) is 11.3 Å². The Morgan fingerprint density at radius 1 is 1.05 bits per heavy atom. The van der Waals surface area contributed by atoms with E-state index in [-0.39, 0.29) is 5.69 Å². The second-order valence-corrected chi connectivity index (χ2v) is 11.6. The van der Waals surface area contributed by atoms with E-state index in [1.54, 1.807) is 11.7 Å². The molecule has 4 heterocycles. The molecule has 4 bridgehead atoms. The zero-order valence-electron chi connectivity index (χ0n) is 24.6. The van der Waals surface area contributed by atoms with E-state index in [1.165, 1.54) is 16.7 Å². The summed E-state index contributed by atoms with van der Waals surface area (Å²) in [5.41, 5.74) is 7.57. The van der Waals surface area contributed by atoms with Crippen LogP contribution in [0.3, 0.4) is 0 Å². The van der Waals surface area contributed by atoms with Gasteiger partial charge in [-0.25, -0.2) is 4.79 Å². The van der Waals surface area contributed by atoms with Gasteiger partial charge in [0.2, 0.25) is 0 Å². The van der Waals surface area contributed by atoms with E-state index >= 15 is 0 Å². The van der Waals surface area contributed by atoms with Gasteiger partial charge < -0.3 is 19.4 Å².